The number of likely N-dealkylation sites (tertiary alicyclic amines) is 1. The molecule has 3 heterocycles. The van der Waals surface area contributed by atoms with E-state index in [0.717, 1.165) is 61.9 Å². The van der Waals surface area contributed by atoms with E-state index < -0.39 is 0 Å². The first kappa shape index (κ1) is 20.9. The van der Waals surface area contributed by atoms with Crippen molar-refractivity contribution in [1.29, 1.82) is 0 Å². The number of nitrogens with zero attached hydrogens (tertiary/aromatic N) is 2. The Labute approximate surface area is 182 Å². The zero-order chi connectivity index (χ0) is 20.9. The molecule has 2 aliphatic heterocycles. The molecular weight excluding hydrogens is 402 g/mol. The molecule has 1 fully saturated rings. The lowest BCUT2D eigenvalue weighted by Crippen LogP contribution is -2.45. The number of pyridine rings is 1. The van der Waals surface area contributed by atoms with Crippen LogP contribution < -0.4 is 14.8 Å². The summed E-state index contributed by atoms with van der Waals surface area (Å²) in [4.78, 5) is 19.0. The van der Waals surface area contributed by atoms with E-state index in [1.807, 2.05) is 43.3 Å². The van der Waals surface area contributed by atoms with Gasteiger partial charge in [0.1, 0.15) is 12.7 Å². The highest BCUT2D eigenvalue weighted by Crippen LogP contribution is 2.34. The summed E-state index contributed by atoms with van der Waals surface area (Å²) < 4.78 is 11.9. The molecule has 1 aromatic carbocycles. The van der Waals surface area contributed by atoms with Crippen LogP contribution in [0.15, 0.2) is 36.4 Å². The van der Waals surface area contributed by atoms with Crippen molar-refractivity contribution in [3.8, 4) is 11.5 Å². The zero-order valence-corrected chi connectivity index (χ0v) is 18.0. The summed E-state index contributed by atoms with van der Waals surface area (Å²) in [5.41, 5.74) is 1.76. The third-order valence-corrected chi connectivity index (χ3v) is 5.90. The second kappa shape index (κ2) is 9.67. The van der Waals surface area contributed by atoms with Gasteiger partial charge >= 0.3 is 0 Å². The third kappa shape index (κ3) is 5.64. The summed E-state index contributed by atoms with van der Waals surface area (Å²) in [5, 5.41) is 3.73. The molecule has 2 aromatic rings. The topological polar surface area (TPSA) is 63.7 Å². The molecule has 7 heteroatoms. The number of halogens is 1. The fourth-order valence-corrected chi connectivity index (χ4v) is 4.19. The van der Waals surface area contributed by atoms with Gasteiger partial charge in [0.05, 0.1) is 6.42 Å². The molecular formula is C23H28ClN3O3. The lowest BCUT2D eigenvalue weighted by Gasteiger charge is -2.35. The van der Waals surface area contributed by atoms with E-state index in [2.05, 4.69) is 15.2 Å². The average molecular weight is 430 g/mol. The summed E-state index contributed by atoms with van der Waals surface area (Å²) in [6.45, 7) is 6.06. The number of hydrogen-bond acceptors (Lipinski definition) is 5. The van der Waals surface area contributed by atoms with E-state index in [-0.39, 0.29) is 12.0 Å². The summed E-state index contributed by atoms with van der Waals surface area (Å²) in [5.74, 6) is 2.03. The highest BCUT2D eigenvalue weighted by atomic mass is 35.5. The number of aromatic nitrogens is 1. The van der Waals surface area contributed by atoms with Crippen LogP contribution in [-0.2, 0) is 11.2 Å². The highest BCUT2D eigenvalue weighted by molar-refractivity contribution is 6.30. The number of carbonyl (C=O) groups excluding carboxylic acids is 1. The average Bonchev–Trinajstić information content (AvgIpc) is 2.73. The lowest BCUT2D eigenvalue weighted by molar-refractivity contribution is -0.120. The largest absolute Gasteiger partial charge is 0.486 e. The Bertz CT molecular complexity index is 884. The molecule has 1 aromatic heterocycles. The third-order valence-electron chi connectivity index (χ3n) is 5.67. The number of hydrogen-bond donors (Lipinski definition) is 1. The predicted octanol–water partition coefficient (Wildman–Crippen LogP) is 3.25. The molecule has 2 aliphatic rings. The number of ether oxygens (including phenoxy) is 2. The molecule has 1 saturated heterocycles. The maximum Gasteiger partial charge on any atom is 0.226 e. The van der Waals surface area contributed by atoms with Gasteiger partial charge in [-0.15, -0.1) is 0 Å². The molecule has 0 aliphatic carbocycles. The van der Waals surface area contributed by atoms with Crippen LogP contribution in [0.4, 0.5) is 0 Å². The normalized spacial score (nSPS) is 19.5. The molecule has 1 N–H and O–H groups in total. The van der Waals surface area contributed by atoms with Crippen LogP contribution in [0.2, 0.25) is 5.02 Å². The first-order valence-electron chi connectivity index (χ1n) is 10.6. The number of fused-ring (bicyclic) bond motifs is 1. The van der Waals surface area contributed by atoms with Gasteiger partial charge in [-0.2, -0.15) is 0 Å². The van der Waals surface area contributed by atoms with Crippen molar-refractivity contribution in [3.63, 3.8) is 0 Å². The Hall–Kier alpha value is -2.31. The standard InChI is InChI=1S/C23H28ClN3O3/c1-16-3-2-4-19(26-16)12-23(28)25-13-17-7-9-27(10-8-17)14-20-15-29-21-6-5-18(24)11-22(21)30-20/h2-6,11,17,20H,7-10,12-15H2,1H3,(H,25,28). The van der Waals surface area contributed by atoms with E-state index in [1.54, 1.807) is 0 Å². The van der Waals surface area contributed by atoms with Crippen molar-refractivity contribution < 1.29 is 14.3 Å². The summed E-state index contributed by atoms with van der Waals surface area (Å²) in [7, 11) is 0. The molecule has 0 spiro atoms. The fraction of sp³-hybridized carbons (Fsp3) is 0.478. The van der Waals surface area contributed by atoms with E-state index >= 15 is 0 Å². The summed E-state index contributed by atoms with van der Waals surface area (Å²) in [6.07, 6.45) is 2.48. The van der Waals surface area contributed by atoms with Gasteiger partial charge in [0.25, 0.3) is 0 Å². The lowest BCUT2D eigenvalue weighted by atomic mass is 9.96. The first-order valence-corrected chi connectivity index (χ1v) is 10.9. The second-order valence-corrected chi connectivity index (χ2v) is 8.57. The van der Waals surface area contributed by atoms with Crippen LogP contribution in [0.1, 0.15) is 24.2 Å². The maximum atomic E-state index is 12.2. The van der Waals surface area contributed by atoms with Gasteiger partial charge in [-0.1, -0.05) is 17.7 Å². The quantitative estimate of drug-likeness (QED) is 0.763. The van der Waals surface area contributed by atoms with Gasteiger partial charge in [0.2, 0.25) is 5.91 Å². The van der Waals surface area contributed by atoms with Crippen LogP contribution in [0.5, 0.6) is 11.5 Å². The van der Waals surface area contributed by atoms with Crippen LogP contribution in [0, 0.1) is 12.8 Å². The molecule has 30 heavy (non-hydrogen) atoms. The monoisotopic (exact) mass is 429 g/mol. The van der Waals surface area contributed by atoms with Gasteiger partial charge < -0.3 is 14.8 Å². The minimum absolute atomic E-state index is 0.00838. The Balaban J connectivity index is 1.17. The molecule has 1 unspecified atom stereocenters. The van der Waals surface area contributed by atoms with E-state index in [0.29, 0.717) is 24.0 Å². The van der Waals surface area contributed by atoms with E-state index in [1.165, 1.54) is 0 Å². The molecule has 160 valence electrons. The number of benzene rings is 1. The number of nitrogens with one attached hydrogen (secondary N) is 1. The Morgan fingerprint density at radius 1 is 1.23 bits per heavy atom. The Kier molecular flexibility index (Phi) is 6.75. The number of carbonyl (C=O) groups is 1. The summed E-state index contributed by atoms with van der Waals surface area (Å²) in [6, 6.07) is 11.2. The first-order chi connectivity index (χ1) is 14.5. The predicted molar refractivity (Wildman–Crippen MR) is 116 cm³/mol. The Morgan fingerprint density at radius 3 is 2.87 bits per heavy atom. The number of aryl methyl sites for hydroxylation is 1. The number of amides is 1. The van der Waals surface area contributed by atoms with Gasteiger partial charge in [0, 0.05) is 35.6 Å². The van der Waals surface area contributed by atoms with Crippen molar-refractivity contribution in [2.75, 3.05) is 32.8 Å². The smallest absolute Gasteiger partial charge is 0.226 e. The summed E-state index contributed by atoms with van der Waals surface area (Å²) >= 11 is 6.06. The van der Waals surface area contributed by atoms with Crippen molar-refractivity contribution in [1.82, 2.24) is 15.2 Å². The zero-order valence-electron chi connectivity index (χ0n) is 17.3. The highest BCUT2D eigenvalue weighted by Gasteiger charge is 2.26. The van der Waals surface area contributed by atoms with Crippen LogP contribution >= 0.6 is 11.6 Å². The minimum atomic E-state index is 0.00838. The van der Waals surface area contributed by atoms with Gasteiger partial charge in [-0.25, -0.2) is 0 Å². The maximum absolute atomic E-state index is 12.2. The molecule has 1 amide bonds. The second-order valence-electron chi connectivity index (χ2n) is 8.14. The Morgan fingerprint density at radius 2 is 2.07 bits per heavy atom. The van der Waals surface area contributed by atoms with Crippen molar-refractivity contribution >= 4 is 17.5 Å². The molecule has 0 bridgehead atoms. The van der Waals surface area contributed by atoms with Crippen molar-refractivity contribution in [2.24, 2.45) is 5.92 Å². The molecule has 6 nitrogen and oxygen atoms in total. The fourth-order valence-electron chi connectivity index (χ4n) is 4.02. The molecule has 4 rings (SSSR count). The molecule has 1 atom stereocenters. The van der Waals surface area contributed by atoms with Gasteiger partial charge in [-0.3, -0.25) is 14.7 Å². The van der Waals surface area contributed by atoms with Gasteiger partial charge in [0.15, 0.2) is 11.5 Å². The van der Waals surface area contributed by atoms with E-state index in [9.17, 15) is 4.79 Å². The molecule has 0 radical (unpaired) electrons. The number of rotatable bonds is 6. The van der Waals surface area contributed by atoms with Crippen LogP contribution in [-0.4, -0.2) is 54.7 Å². The SMILES string of the molecule is Cc1cccc(CC(=O)NCC2CCN(CC3COc4ccc(Cl)cc4O3)CC2)n1. The van der Waals surface area contributed by atoms with Crippen LogP contribution in [0.3, 0.4) is 0 Å². The van der Waals surface area contributed by atoms with E-state index in [4.69, 9.17) is 21.1 Å². The van der Waals surface area contributed by atoms with Crippen molar-refractivity contribution in [3.05, 3.63) is 52.8 Å². The number of piperidine rings is 1. The molecule has 0 saturated carbocycles. The minimum Gasteiger partial charge on any atom is -0.486 e. The van der Waals surface area contributed by atoms with Crippen LogP contribution in [0.25, 0.3) is 0 Å². The van der Waals surface area contributed by atoms with Gasteiger partial charge in [-0.05, 0) is 63.0 Å². The van der Waals surface area contributed by atoms with Crippen molar-refractivity contribution in [2.45, 2.75) is 32.3 Å².